The summed E-state index contributed by atoms with van der Waals surface area (Å²) < 4.78 is 4.10. The minimum Gasteiger partial charge on any atom is -0.388 e. The Balaban J connectivity index is 1.81. The molecule has 5 heteroatoms. The van der Waals surface area contributed by atoms with Gasteiger partial charge in [-0.3, -0.25) is 4.40 Å². The minimum atomic E-state index is 0.915. The Morgan fingerprint density at radius 3 is 2.78 bits per heavy atom. The zero-order valence-electron chi connectivity index (χ0n) is 13.1. The Hall–Kier alpha value is -3.08. The van der Waals surface area contributed by atoms with Gasteiger partial charge >= 0.3 is 0 Å². The molecule has 1 N–H and O–H groups in total. The molecule has 0 saturated heterocycles. The summed E-state index contributed by atoms with van der Waals surface area (Å²) in [4.78, 5) is 8.83. The minimum absolute atomic E-state index is 0.915. The van der Waals surface area contributed by atoms with Gasteiger partial charge in [0.25, 0.3) is 0 Å². The van der Waals surface area contributed by atoms with E-state index in [-0.39, 0.29) is 0 Å². The van der Waals surface area contributed by atoms with E-state index < -0.39 is 0 Å². The zero-order chi connectivity index (χ0) is 15.8. The number of nitrogens with zero attached hydrogens (tertiary/aromatic N) is 4. The predicted octanol–water partition coefficient (Wildman–Crippen LogP) is 3.54. The first kappa shape index (κ1) is 13.6. The highest BCUT2D eigenvalue weighted by Crippen LogP contribution is 2.24. The van der Waals surface area contributed by atoms with E-state index in [4.69, 9.17) is 0 Å². The predicted molar refractivity (Wildman–Crippen MR) is 92.0 cm³/mol. The fourth-order valence-electron chi connectivity index (χ4n) is 2.74. The van der Waals surface area contributed by atoms with Crippen LogP contribution in [0.4, 0.5) is 5.69 Å². The number of imidazole rings is 2. The molecule has 0 bridgehead atoms. The second-order valence-corrected chi connectivity index (χ2v) is 5.51. The van der Waals surface area contributed by atoms with E-state index in [9.17, 15) is 0 Å². The van der Waals surface area contributed by atoms with Crippen molar-refractivity contribution in [2.75, 3.05) is 12.4 Å². The number of fused-ring (bicyclic) bond motifs is 1. The Labute approximate surface area is 134 Å². The summed E-state index contributed by atoms with van der Waals surface area (Å²) in [6.07, 6.45) is 7.79. The van der Waals surface area contributed by atoms with Gasteiger partial charge in [-0.15, -0.1) is 0 Å². The Kier molecular flexibility index (Phi) is 3.12. The van der Waals surface area contributed by atoms with Crippen molar-refractivity contribution in [3.05, 3.63) is 67.0 Å². The van der Waals surface area contributed by atoms with Gasteiger partial charge in [-0.1, -0.05) is 12.1 Å². The molecule has 114 valence electrons. The molecule has 3 aromatic heterocycles. The average molecular weight is 303 g/mol. The molecule has 0 aliphatic heterocycles. The molecule has 5 nitrogen and oxygen atoms in total. The van der Waals surface area contributed by atoms with Crippen LogP contribution in [0.15, 0.2) is 61.3 Å². The fraction of sp³-hybridized carbons (Fsp3) is 0.111. The summed E-state index contributed by atoms with van der Waals surface area (Å²) in [5.41, 5.74) is 6.26. The van der Waals surface area contributed by atoms with Crippen LogP contribution in [0.3, 0.4) is 0 Å². The SMILES string of the molecule is CNc1cccc(-c2cnc3cc(-n4cnc(C)c4)ccn23)c1. The molecule has 4 aromatic rings. The van der Waals surface area contributed by atoms with Gasteiger partial charge in [0.1, 0.15) is 5.65 Å². The molecule has 0 radical (unpaired) electrons. The first-order valence-corrected chi connectivity index (χ1v) is 7.51. The van der Waals surface area contributed by atoms with Crippen LogP contribution in [0.25, 0.3) is 22.6 Å². The van der Waals surface area contributed by atoms with Gasteiger partial charge in [0.2, 0.25) is 0 Å². The largest absolute Gasteiger partial charge is 0.388 e. The summed E-state index contributed by atoms with van der Waals surface area (Å²) in [5, 5.41) is 3.17. The van der Waals surface area contributed by atoms with Crippen molar-refractivity contribution in [2.24, 2.45) is 0 Å². The van der Waals surface area contributed by atoms with E-state index in [1.54, 1.807) is 0 Å². The molecule has 0 aliphatic rings. The molecule has 0 fully saturated rings. The van der Waals surface area contributed by atoms with Crippen LogP contribution in [-0.2, 0) is 0 Å². The number of aromatic nitrogens is 4. The second-order valence-electron chi connectivity index (χ2n) is 5.51. The molecular weight excluding hydrogens is 286 g/mol. The normalized spacial score (nSPS) is 11.0. The highest BCUT2D eigenvalue weighted by atomic mass is 15.1. The lowest BCUT2D eigenvalue weighted by atomic mass is 10.1. The molecule has 23 heavy (non-hydrogen) atoms. The van der Waals surface area contributed by atoms with Crippen LogP contribution >= 0.6 is 0 Å². The molecular formula is C18H17N5. The van der Waals surface area contributed by atoms with Crippen molar-refractivity contribution in [3.63, 3.8) is 0 Å². The van der Waals surface area contributed by atoms with Crippen molar-refractivity contribution in [1.82, 2.24) is 18.9 Å². The monoisotopic (exact) mass is 303 g/mol. The van der Waals surface area contributed by atoms with Gasteiger partial charge in [-0.25, -0.2) is 9.97 Å². The molecule has 0 amide bonds. The maximum atomic E-state index is 4.55. The molecule has 0 unspecified atom stereocenters. The molecule has 0 spiro atoms. The van der Waals surface area contributed by atoms with Crippen LogP contribution in [0, 0.1) is 6.92 Å². The van der Waals surface area contributed by atoms with Crippen molar-refractivity contribution in [1.29, 1.82) is 0 Å². The first-order chi connectivity index (χ1) is 11.2. The number of anilines is 1. The van der Waals surface area contributed by atoms with Crippen LogP contribution in [-0.4, -0.2) is 26.0 Å². The first-order valence-electron chi connectivity index (χ1n) is 7.51. The zero-order valence-corrected chi connectivity index (χ0v) is 13.1. The van der Waals surface area contributed by atoms with Crippen molar-refractivity contribution in [3.8, 4) is 16.9 Å². The van der Waals surface area contributed by atoms with E-state index in [2.05, 4.69) is 44.0 Å². The van der Waals surface area contributed by atoms with Gasteiger partial charge < -0.3 is 9.88 Å². The highest BCUT2D eigenvalue weighted by molar-refractivity contribution is 5.68. The Bertz CT molecular complexity index is 980. The number of nitrogens with one attached hydrogen (secondary N) is 1. The summed E-state index contributed by atoms with van der Waals surface area (Å²) in [6, 6.07) is 12.4. The standard InChI is InChI=1S/C18H17N5/c1-13-11-22(12-21-13)16-6-7-23-17(10-20-18(23)9-16)14-4-3-5-15(8-14)19-2/h3-12,19H,1-2H3. The molecule has 0 atom stereocenters. The summed E-state index contributed by atoms with van der Waals surface area (Å²) >= 11 is 0. The van der Waals surface area contributed by atoms with Crippen molar-refractivity contribution in [2.45, 2.75) is 6.92 Å². The van der Waals surface area contributed by atoms with Crippen molar-refractivity contribution < 1.29 is 0 Å². The third-order valence-corrected chi connectivity index (χ3v) is 3.95. The number of hydrogen-bond acceptors (Lipinski definition) is 3. The fourth-order valence-corrected chi connectivity index (χ4v) is 2.74. The lowest BCUT2D eigenvalue weighted by Gasteiger charge is -2.06. The van der Waals surface area contributed by atoms with E-state index in [0.717, 1.165) is 34.0 Å². The molecule has 0 saturated carbocycles. The van der Waals surface area contributed by atoms with Crippen LogP contribution in [0.1, 0.15) is 5.69 Å². The molecule has 3 heterocycles. The van der Waals surface area contributed by atoms with Crippen LogP contribution in [0.5, 0.6) is 0 Å². The molecule has 1 aromatic carbocycles. The maximum absolute atomic E-state index is 4.55. The average Bonchev–Trinajstić information content (AvgIpc) is 3.20. The summed E-state index contributed by atoms with van der Waals surface area (Å²) in [6.45, 7) is 1.98. The maximum Gasteiger partial charge on any atom is 0.139 e. The third-order valence-electron chi connectivity index (χ3n) is 3.95. The van der Waals surface area contributed by atoms with E-state index in [1.807, 2.05) is 55.6 Å². The number of aryl methyl sites for hydroxylation is 1. The molecule has 0 aliphatic carbocycles. The van der Waals surface area contributed by atoms with Gasteiger partial charge in [0.05, 0.1) is 29.6 Å². The van der Waals surface area contributed by atoms with E-state index in [1.165, 1.54) is 0 Å². The second kappa shape index (κ2) is 5.28. The third kappa shape index (κ3) is 2.36. The number of hydrogen-bond donors (Lipinski definition) is 1. The van der Waals surface area contributed by atoms with E-state index >= 15 is 0 Å². The smallest absolute Gasteiger partial charge is 0.139 e. The van der Waals surface area contributed by atoms with Crippen LogP contribution < -0.4 is 5.32 Å². The van der Waals surface area contributed by atoms with Gasteiger partial charge in [-0.05, 0) is 25.1 Å². The van der Waals surface area contributed by atoms with E-state index in [0.29, 0.717) is 0 Å². The summed E-state index contributed by atoms with van der Waals surface area (Å²) in [5.74, 6) is 0. The summed E-state index contributed by atoms with van der Waals surface area (Å²) in [7, 11) is 1.92. The quantitative estimate of drug-likeness (QED) is 0.630. The number of pyridine rings is 1. The van der Waals surface area contributed by atoms with Gasteiger partial charge in [0.15, 0.2) is 0 Å². The number of benzene rings is 1. The Morgan fingerprint density at radius 2 is 2.00 bits per heavy atom. The topological polar surface area (TPSA) is 47.2 Å². The highest BCUT2D eigenvalue weighted by Gasteiger charge is 2.08. The van der Waals surface area contributed by atoms with Crippen LogP contribution in [0.2, 0.25) is 0 Å². The van der Waals surface area contributed by atoms with Gasteiger partial charge in [-0.2, -0.15) is 0 Å². The number of rotatable bonds is 3. The lowest BCUT2D eigenvalue weighted by molar-refractivity contribution is 1.04. The van der Waals surface area contributed by atoms with Crippen molar-refractivity contribution >= 4 is 11.3 Å². The Morgan fingerprint density at radius 1 is 1.09 bits per heavy atom. The lowest BCUT2D eigenvalue weighted by Crippen LogP contribution is -1.94. The van der Waals surface area contributed by atoms with Gasteiger partial charge in [0, 0.05) is 36.8 Å². The molecule has 4 rings (SSSR count).